The second-order valence-corrected chi connectivity index (χ2v) is 6.38. The van der Waals surface area contributed by atoms with Crippen molar-refractivity contribution in [2.75, 3.05) is 5.32 Å². The predicted molar refractivity (Wildman–Crippen MR) is 107 cm³/mol. The normalized spacial score (nSPS) is 10.8. The number of carbonyl (C=O) groups excluding carboxylic acids is 1. The lowest BCUT2D eigenvalue weighted by Crippen LogP contribution is -2.11. The lowest BCUT2D eigenvalue weighted by Gasteiger charge is -2.06. The van der Waals surface area contributed by atoms with E-state index in [0.29, 0.717) is 6.42 Å². The lowest BCUT2D eigenvalue weighted by atomic mass is 10.0. The molecule has 4 aromatic rings. The number of aryl methyl sites for hydroxylation is 1. The van der Waals surface area contributed by atoms with Gasteiger partial charge in [0.1, 0.15) is 0 Å². The Morgan fingerprint density at radius 1 is 0.963 bits per heavy atom. The van der Waals surface area contributed by atoms with E-state index in [1.807, 2.05) is 30.3 Å². The Labute approximate surface area is 157 Å². The first-order chi connectivity index (χ1) is 13.3. The van der Waals surface area contributed by atoms with Gasteiger partial charge >= 0.3 is 0 Å². The van der Waals surface area contributed by atoms with Gasteiger partial charge in [0.05, 0.1) is 11.4 Å². The van der Waals surface area contributed by atoms with E-state index >= 15 is 0 Å². The van der Waals surface area contributed by atoms with Crippen molar-refractivity contribution in [3.8, 4) is 11.4 Å². The van der Waals surface area contributed by atoms with Crippen molar-refractivity contribution in [2.24, 2.45) is 0 Å². The standard InChI is InChI=1S/C22H20N4O/c27-21(25-16-11-14-23-15-12-16)10-5-7-18-17-6-1-2-8-19(17)26-22(18)20-9-3-4-13-24-20/h1-4,6,8-9,11-15,26H,5,7,10H2,(H,23,25,27). The summed E-state index contributed by atoms with van der Waals surface area (Å²) in [5.74, 6) is 0.0143. The van der Waals surface area contributed by atoms with Crippen LogP contribution in [0.2, 0.25) is 0 Å². The van der Waals surface area contributed by atoms with Gasteiger partial charge in [0.2, 0.25) is 5.91 Å². The summed E-state index contributed by atoms with van der Waals surface area (Å²) in [5.41, 5.74) is 5.03. The molecule has 1 aromatic carbocycles. The number of benzene rings is 1. The van der Waals surface area contributed by atoms with Crippen LogP contribution in [-0.4, -0.2) is 20.9 Å². The molecule has 4 rings (SSSR count). The van der Waals surface area contributed by atoms with E-state index in [4.69, 9.17) is 0 Å². The molecule has 134 valence electrons. The van der Waals surface area contributed by atoms with Gasteiger partial charge in [-0.1, -0.05) is 24.3 Å². The topological polar surface area (TPSA) is 70.7 Å². The summed E-state index contributed by atoms with van der Waals surface area (Å²) in [4.78, 5) is 24.1. The van der Waals surface area contributed by atoms with Gasteiger partial charge in [-0.15, -0.1) is 0 Å². The number of carbonyl (C=O) groups is 1. The Hall–Kier alpha value is -3.47. The molecule has 1 amide bonds. The molecule has 5 heteroatoms. The van der Waals surface area contributed by atoms with Crippen molar-refractivity contribution in [1.29, 1.82) is 0 Å². The van der Waals surface area contributed by atoms with Gasteiger partial charge in [-0.2, -0.15) is 0 Å². The fourth-order valence-corrected chi connectivity index (χ4v) is 3.27. The molecular formula is C22H20N4O. The number of para-hydroxylation sites is 1. The highest BCUT2D eigenvalue weighted by atomic mass is 16.1. The van der Waals surface area contributed by atoms with Crippen LogP contribution in [0.25, 0.3) is 22.3 Å². The molecule has 0 saturated heterocycles. The van der Waals surface area contributed by atoms with E-state index in [0.717, 1.165) is 35.4 Å². The van der Waals surface area contributed by atoms with Gasteiger partial charge in [-0.05, 0) is 48.7 Å². The fraction of sp³-hybridized carbons (Fsp3) is 0.136. The molecule has 0 bridgehead atoms. The molecule has 2 N–H and O–H groups in total. The first-order valence-electron chi connectivity index (χ1n) is 9.02. The minimum atomic E-state index is 0.0143. The summed E-state index contributed by atoms with van der Waals surface area (Å²) in [5, 5.41) is 4.09. The highest BCUT2D eigenvalue weighted by Crippen LogP contribution is 2.30. The van der Waals surface area contributed by atoms with Crippen LogP contribution in [0.5, 0.6) is 0 Å². The van der Waals surface area contributed by atoms with Crippen LogP contribution in [0.3, 0.4) is 0 Å². The smallest absolute Gasteiger partial charge is 0.224 e. The van der Waals surface area contributed by atoms with Crippen molar-refractivity contribution in [1.82, 2.24) is 15.0 Å². The van der Waals surface area contributed by atoms with Crippen LogP contribution in [0.1, 0.15) is 18.4 Å². The first-order valence-corrected chi connectivity index (χ1v) is 9.02. The van der Waals surface area contributed by atoms with Crippen LogP contribution in [-0.2, 0) is 11.2 Å². The first kappa shape index (κ1) is 17.0. The molecule has 5 nitrogen and oxygen atoms in total. The molecule has 0 radical (unpaired) electrons. The van der Waals surface area contributed by atoms with E-state index in [-0.39, 0.29) is 5.91 Å². The molecule has 3 heterocycles. The van der Waals surface area contributed by atoms with E-state index in [2.05, 4.69) is 32.4 Å². The number of aromatic nitrogens is 3. The molecule has 0 aliphatic carbocycles. The van der Waals surface area contributed by atoms with Gasteiger partial charge < -0.3 is 10.3 Å². The number of fused-ring (bicyclic) bond motifs is 1. The molecule has 0 fully saturated rings. The third kappa shape index (κ3) is 3.87. The van der Waals surface area contributed by atoms with E-state index in [1.54, 1.807) is 30.7 Å². The van der Waals surface area contributed by atoms with E-state index < -0.39 is 0 Å². The van der Waals surface area contributed by atoms with Gasteiger partial charge in [-0.3, -0.25) is 14.8 Å². The zero-order valence-electron chi connectivity index (χ0n) is 14.9. The van der Waals surface area contributed by atoms with Gasteiger partial charge in [0, 0.05) is 41.6 Å². The van der Waals surface area contributed by atoms with Crippen molar-refractivity contribution >= 4 is 22.5 Å². The number of nitrogens with zero attached hydrogens (tertiary/aromatic N) is 2. The molecule has 0 atom stereocenters. The maximum Gasteiger partial charge on any atom is 0.224 e. The van der Waals surface area contributed by atoms with Crippen LogP contribution in [0, 0.1) is 0 Å². The Balaban J connectivity index is 1.50. The second kappa shape index (κ2) is 7.83. The average molecular weight is 356 g/mol. The quantitative estimate of drug-likeness (QED) is 0.531. The predicted octanol–water partition coefficient (Wildman–Crippen LogP) is 4.59. The average Bonchev–Trinajstić information content (AvgIpc) is 3.08. The molecule has 3 aromatic heterocycles. The number of amides is 1. The van der Waals surface area contributed by atoms with Gasteiger partial charge in [0.15, 0.2) is 0 Å². The van der Waals surface area contributed by atoms with Crippen LogP contribution in [0.15, 0.2) is 73.2 Å². The summed E-state index contributed by atoms with van der Waals surface area (Å²) < 4.78 is 0. The summed E-state index contributed by atoms with van der Waals surface area (Å²) in [6.45, 7) is 0. The number of rotatable bonds is 6. The summed E-state index contributed by atoms with van der Waals surface area (Å²) in [7, 11) is 0. The zero-order chi connectivity index (χ0) is 18.5. The summed E-state index contributed by atoms with van der Waals surface area (Å²) >= 11 is 0. The van der Waals surface area contributed by atoms with Crippen molar-refractivity contribution in [3.05, 3.63) is 78.8 Å². The number of hydrogen-bond donors (Lipinski definition) is 2. The maximum absolute atomic E-state index is 12.2. The highest BCUT2D eigenvalue weighted by molar-refractivity contribution is 5.91. The molecule has 27 heavy (non-hydrogen) atoms. The number of anilines is 1. The molecule has 0 aliphatic rings. The molecule has 0 saturated carbocycles. The minimum absolute atomic E-state index is 0.0143. The van der Waals surface area contributed by atoms with E-state index in [9.17, 15) is 4.79 Å². The minimum Gasteiger partial charge on any atom is -0.353 e. The van der Waals surface area contributed by atoms with Crippen LogP contribution >= 0.6 is 0 Å². The zero-order valence-corrected chi connectivity index (χ0v) is 14.9. The van der Waals surface area contributed by atoms with Crippen molar-refractivity contribution in [2.45, 2.75) is 19.3 Å². The Morgan fingerprint density at radius 3 is 2.59 bits per heavy atom. The van der Waals surface area contributed by atoms with Gasteiger partial charge in [-0.25, -0.2) is 0 Å². The molecular weight excluding hydrogens is 336 g/mol. The number of nitrogens with one attached hydrogen (secondary N) is 2. The second-order valence-electron chi connectivity index (χ2n) is 6.38. The van der Waals surface area contributed by atoms with Crippen molar-refractivity contribution < 1.29 is 4.79 Å². The van der Waals surface area contributed by atoms with Crippen molar-refractivity contribution in [3.63, 3.8) is 0 Å². The number of pyridine rings is 2. The Morgan fingerprint density at radius 2 is 1.78 bits per heavy atom. The molecule has 0 aliphatic heterocycles. The highest BCUT2D eigenvalue weighted by Gasteiger charge is 2.14. The largest absolute Gasteiger partial charge is 0.353 e. The molecule has 0 spiro atoms. The SMILES string of the molecule is O=C(CCCc1c(-c2ccccn2)[nH]c2ccccc12)Nc1ccncc1. The van der Waals surface area contributed by atoms with Gasteiger partial charge in [0.25, 0.3) is 0 Å². The van der Waals surface area contributed by atoms with Crippen LogP contribution < -0.4 is 5.32 Å². The third-order valence-electron chi connectivity index (χ3n) is 4.53. The lowest BCUT2D eigenvalue weighted by molar-refractivity contribution is -0.116. The molecule has 0 unspecified atom stereocenters. The van der Waals surface area contributed by atoms with Crippen LogP contribution in [0.4, 0.5) is 5.69 Å². The number of hydrogen-bond acceptors (Lipinski definition) is 3. The Kier molecular flexibility index (Phi) is 4.92. The fourth-order valence-electron chi connectivity index (χ4n) is 3.27. The monoisotopic (exact) mass is 356 g/mol. The number of aromatic amines is 1. The van der Waals surface area contributed by atoms with E-state index in [1.165, 1.54) is 10.9 Å². The summed E-state index contributed by atoms with van der Waals surface area (Å²) in [6.07, 6.45) is 7.16. The maximum atomic E-state index is 12.2. The Bertz CT molecular complexity index is 1040. The summed E-state index contributed by atoms with van der Waals surface area (Å²) in [6, 6.07) is 17.7. The number of H-pyrrole nitrogens is 1. The third-order valence-corrected chi connectivity index (χ3v) is 4.53.